The Morgan fingerprint density at radius 1 is 1.18 bits per heavy atom. The Bertz CT molecular complexity index is 1280. The average Bonchev–Trinajstić information content (AvgIpc) is 3.20. The van der Waals surface area contributed by atoms with Crippen LogP contribution in [-0.4, -0.2) is 70.6 Å². The fraction of sp³-hybridized carbons (Fsp3) is 0.571. The number of piperidine rings is 1. The van der Waals surface area contributed by atoms with Crippen molar-refractivity contribution in [1.82, 2.24) is 25.7 Å². The molecule has 11 nitrogen and oxygen atoms in total. The van der Waals surface area contributed by atoms with Crippen LogP contribution in [0.5, 0.6) is 0 Å². The number of amides is 4. The van der Waals surface area contributed by atoms with Crippen LogP contribution in [0.4, 0.5) is 0 Å². The lowest BCUT2D eigenvalue weighted by Crippen LogP contribution is -2.60. The van der Waals surface area contributed by atoms with Crippen molar-refractivity contribution in [3.8, 4) is 0 Å². The quantitative estimate of drug-likeness (QED) is 0.435. The number of fused-ring (bicyclic) bond motifs is 2. The first kappa shape index (κ1) is 28.4. The minimum atomic E-state index is -1.24. The van der Waals surface area contributed by atoms with Crippen molar-refractivity contribution in [2.75, 3.05) is 19.8 Å². The van der Waals surface area contributed by atoms with E-state index in [2.05, 4.69) is 34.7 Å². The Kier molecular flexibility index (Phi) is 7.66. The van der Waals surface area contributed by atoms with Gasteiger partial charge in [-0.15, -0.1) is 0 Å². The van der Waals surface area contributed by atoms with Crippen molar-refractivity contribution in [3.63, 3.8) is 0 Å². The van der Waals surface area contributed by atoms with Gasteiger partial charge in [0.15, 0.2) is 6.04 Å². The second-order valence-corrected chi connectivity index (χ2v) is 12.1. The maximum atomic E-state index is 13.9. The van der Waals surface area contributed by atoms with Crippen LogP contribution in [0.2, 0.25) is 0 Å². The van der Waals surface area contributed by atoms with E-state index in [1.165, 1.54) is 0 Å². The Hall–Kier alpha value is -3.60. The van der Waals surface area contributed by atoms with Crippen molar-refractivity contribution in [2.24, 2.45) is 28.4 Å². The smallest absolute Gasteiger partial charge is 0.246 e. The van der Waals surface area contributed by atoms with Crippen LogP contribution in [0, 0.1) is 22.7 Å². The van der Waals surface area contributed by atoms with Gasteiger partial charge in [-0.25, -0.2) is 0 Å². The lowest BCUT2D eigenvalue weighted by Gasteiger charge is -2.37. The average molecular weight is 539 g/mol. The molecule has 5 atom stereocenters. The Morgan fingerprint density at radius 2 is 1.87 bits per heavy atom. The molecule has 1 aliphatic carbocycles. The van der Waals surface area contributed by atoms with Gasteiger partial charge in [-0.1, -0.05) is 58.9 Å². The van der Waals surface area contributed by atoms with Crippen LogP contribution < -0.4 is 16.4 Å². The molecule has 0 bridgehead atoms. The van der Waals surface area contributed by atoms with Gasteiger partial charge >= 0.3 is 0 Å². The van der Waals surface area contributed by atoms with Gasteiger partial charge in [0.05, 0.1) is 6.20 Å². The molecule has 4 amide bonds. The summed E-state index contributed by atoms with van der Waals surface area (Å²) in [6, 6.07) is 4.29. The summed E-state index contributed by atoms with van der Waals surface area (Å²) < 4.78 is 5.21. The minimum absolute atomic E-state index is 0.103. The molecular weight excluding hydrogens is 500 g/mol. The summed E-state index contributed by atoms with van der Waals surface area (Å²) in [4.78, 5) is 54.4. The lowest BCUT2D eigenvalue weighted by atomic mass is 9.85. The number of carbonyl (C=O) groups excluding carboxylic acids is 4. The Labute approximate surface area is 228 Å². The number of ether oxygens (including phenoxy) is 1. The number of hydrogen-bond acceptors (Lipinski definition) is 7. The van der Waals surface area contributed by atoms with Gasteiger partial charge in [-0.05, 0) is 29.6 Å². The molecular formula is C28H38N6O5. The summed E-state index contributed by atoms with van der Waals surface area (Å²) in [5.41, 5.74) is 5.20. The molecule has 1 aliphatic heterocycles. The molecule has 1 aromatic heterocycles. The normalized spacial score (nSPS) is 23.0. The van der Waals surface area contributed by atoms with Crippen molar-refractivity contribution in [3.05, 3.63) is 36.2 Å². The molecule has 11 heteroatoms. The number of likely N-dealkylation sites (tertiary alicyclic amines) is 1. The second-order valence-electron chi connectivity index (χ2n) is 12.1. The van der Waals surface area contributed by atoms with Gasteiger partial charge in [0, 0.05) is 23.9 Å². The summed E-state index contributed by atoms with van der Waals surface area (Å²) in [7, 11) is 0. The van der Waals surface area contributed by atoms with E-state index in [9.17, 15) is 19.2 Å². The van der Waals surface area contributed by atoms with Crippen molar-refractivity contribution in [1.29, 1.82) is 0 Å². The number of primary amides is 1. The monoisotopic (exact) mass is 538 g/mol. The molecule has 2 aromatic rings. The van der Waals surface area contributed by atoms with Gasteiger partial charge < -0.3 is 26.0 Å². The van der Waals surface area contributed by atoms with Crippen LogP contribution in [0.15, 0.2) is 30.5 Å². The molecule has 4 N–H and O–H groups in total. The van der Waals surface area contributed by atoms with E-state index in [4.69, 9.17) is 10.5 Å². The third-order valence-electron chi connectivity index (χ3n) is 8.06. The third kappa shape index (κ3) is 5.45. The molecule has 1 aromatic carbocycles. The predicted octanol–water partition coefficient (Wildman–Crippen LogP) is 1.32. The number of nitrogens with zero attached hydrogens (tertiary/aromatic N) is 3. The standard InChI is InChI=1S/C28H38N6O5/c1-7-39-14-18(35)31-23(27(2,3)4)26(38)34-13-17-19(28(17,5)6)22(34)25(37)32-21(24(29)36)20-16-11-9-8-10-15(16)12-30-33-20/h8-12,17,19,21-23H,7,13-14H2,1-6H3,(H2,29,36)(H,31,35)(H,32,37)/t17-,19-,21?,22-,23?/m0/s1. The van der Waals surface area contributed by atoms with E-state index >= 15 is 0 Å². The molecule has 39 heavy (non-hydrogen) atoms. The molecule has 1 saturated carbocycles. The number of rotatable bonds is 9. The molecule has 0 spiro atoms. The summed E-state index contributed by atoms with van der Waals surface area (Å²) in [5, 5.41) is 15.1. The van der Waals surface area contributed by atoms with Gasteiger partial charge in [-0.3, -0.25) is 19.2 Å². The van der Waals surface area contributed by atoms with Crippen molar-refractivity contribution < 1.29 is 23.9 Å². The number of benzene rings is 1. The molecule has 2 aliphatic rings. The lowest BCUT2D eigenvalue weighted by molar-refractivity contribution is -0.146. The van der Waals surface area contributed by atoms with E-state index in [0.717, 1.165) is 5.39 Å². The van der Waals surface area contributed by atoms with Crippen LogP contribution in [0.25, 0.3) is 10.8 Å². The van der Waals surface area contributed by atoms with Gasteiger partial charge in [0.1, 0.15) is 24.4 Å². The van der Waals surface area contributed by atoms with Gasteiger partial charge in [0.25, 0.3) is 0 Å². The topological polar surface area (TPSA) is 157 Å². The number of nitrogens with two attached hydrogens (primary N) is 1. The molecule has 4 rings (SSSR count). The zero-order valence-corrected chi connectivity index (χ0v) is 23.4. The SMILES string of the molecule is CCOCC(=O)NC(C(=O)N1C[C@H]2[C@@H]([C@H]1C(=O)NC(C(N)=O)c1nncc3ccccc13)C2(C)C)C(C)(C)C. The second kappa shape index (κ2) is 10.5. The number of nitrogens with one attached hydrogen (secondary N) is 2. The first-order chi connectivity index (χ1) is 18.3. The van der Waals surface area contributed by atoms with Crippen LogP contribution >= 0.6 is 0 Å². The predicted molar refractivity (Wildman–Crippen MR) is 144 cm³/mol. The molecule has 2 heterocycles. The maximum Gasteiger partial charge on any atom is 0.246 e. The number of carbonyl (C=O) groups is 4. The fourth-order valence-electron chi connectivity index (χ4n) is 5.79. The van der Waals surface area contributed by atoms with Crippen LogP contribution in [-0.2, 0) is 23.9 Å². The summed E-state index contributed by atoms with van der Waals surface area (Å²) >= 11 is 0. The summed E-state index contributed by atoms with van der Waals surface area (Å²) in [6.07, 6.45) is 1.57. The highest BCUT2D eigenvalue weighted by molar-refractivity contribution is 5.97. The van der Waals surface area contributed by atoms with Crippen molar-refractivity contribution in [2.45, 2.75) is 59.7 Å². The zero-order chi connectivity index (χ0) is 28.7. The van der Waals surface area contributed by atoms with Gasteiger partial charge in [0.2, 0.25) is 23.6 Å². The van der Waals surface area contributed by atoms with E-state index in [1.807, 2.05) is 32.9 Å². The molecule has 0 radical (unpaired) electrons. The molecule has 210 valence electrons. The molecule has 2 fully saturated rings. The Morgan fingerprint density at radius 3 is 2.51 bits per heavy atom. The van der Waals surface area contributed by atoms with E-state index in [0.29, 0.717) is 18.5 Å². The Balaban J connectivity index is 1.63. The minimum Gasteiger partial charge on any atom is -0.372 e. The fourth-order valence-corrected chi connectivity index (χ4v) is 5.79. The first-order valence-corrected chi connectivity index (χ1v) is 13.3. The summed E-state index contributed by atoms with van der Waals surface area (Å²) in [6.45, 7) is 12.1. The highest BCUT2D eigenvalue weighted by Crippen LogP contribution is 2.65. The highest BCUT2D eigenvalue weighted by atomic mass is 16.5. The highest BCUT2D eigenvalue weighted by Gasteiger charge is 2.69. The number of aromatic nitrogens is 2. The third-order valence-corrected chi connectivity index (χ3v) is 8.06. The maximum absolute atomic E-state index is 13.9. The first-order valence-electron chi connectivity index (χ1n) is 13.3. The zero-order valence-electron chi connectivity index (χ0n) is 23.4. The van der Waals surface area contributed by atoms with E-state index in [1.54, 1.807) is 30.2 Å². The van der Waals surface area contributed by atoms with E-state index < -0.39 is 41.3 Å². The van der Waals surface area contributed by atoms with Gasteiger partial charge in [-0.2, -0.15) is 10.2 Å². The molecule has 2 unspecified atom stereocenters. The molecule has 1 saturated heterocycles. The number of hydrogen-bond donors (Lipinski definition) is 3. The largest absolute Gasteiger partial charge is 0.372 e. The van der Waals surface area contributed by atoms with Crippen molar-refractivity contribution >= 4 is 34.4 Å². The van der Waals surface area contributed by atoms with Crippen LogP contribution in [0.3, 0.4) is 0 Å². The van der Waals surface area contributed by atoms with Crippen LogP contribution in [0.1, 0.15) is 53.3 Å². The summed E-state index contributed by atoms with van der Waals surface area (Å²) in [5.74, 6) is -2.02. The van der Waals surface area contributed by atoms with E-state index in [-0.39, 0.29) is 35.5 Å².